The molecule has 0 N–H and O–H groups in total. The normalized spacial score (nSPS) is 15.7. The third-order valence-corrected chi connectivity index (χ3v) is 3.15. The number of hydrogen-bond donors (Lipinski definition) is 0. The number of hydrogen-bond acceptors (Lipinski definition) is 4. The molecule has 1 saturated heterocycles. The van der Waals surface area contributed by atoms with Crippen LogP contribution in [0.1, 0.15) is 25.0 Å². The van der Waals surface area contributed by atoms with Crippen molar-refractivity contribution >= 4 is 11.7 Å². The molecule has 0 aliphatic carbocycles. The summed E-state index contributed by atoms with van der Waals surface area (Å²) in [6, 6.07) is 1.38. The van der Waals surface area contributed by atoms with Crippen LogP contribution in [0.15, 0.2) is 6.07 Å². The van der Waals surface area contributed by atoms with Gasteiger partial charge in [-0.25, -0.2) is 0 Å². The third-order valence-electron chi connectivity index (χ3n) is 3.15. The van der Waals surface area contributed by atoms with Gasteiger partial charge in [-0.2, -0.15) is 4.68 Å². The Morgan fingerprint density at radius 1 is 1.44 bits per heavy atom. The van der Waals surface area contributed by atoms with Gasteiger partial charge in [0, 0.05) is 13.1 Å². The SMILES string of the molecule is Cc1cc([N+](=O)[O-])nn1CC(=O)N1CCCCC1. The molecule has 98 valence electrons. The maximum absolute atomic E-state index is 12.0. The van der Waals surface area contributed by atoms with Crippen LogP contribution in [0, 0.1) is 17.0 Å². The lowest BCUT2D eigenvalue weighted by Gasteiger charge is -2.26. The predicted octanol–water partition coefficient (Wildman–Crippen LogP) is 1.11. The molecule has 0 atom stereocenters. The molecule has 1 aromatic heterocycles. The van der Waals surface area contributed by atoms with Crippen LogP contribution < -0.4 is 0 Å². The van der Waals surface area contributed by atoms with Crippen LogP contribution in [-0.4, -0.2) is 38.6 Å². The molecular weight excluding hydrogens is 236 g/mol. The number of carbonyl (C=O) groups is 1. The molecule has 0 unspecified atom stereocenters. The van der Waals surface area contributed by atoms with Gasteiger partial charge in [-0.15, -0.1) is 0 Å². The van der Waals surface area contributed by atoms with E-state index in [0.717, 1.165) is 32.4 Å². The fraction of sp³-hybridized carbons (Fsp3) is 0.636. The van der Waals surface area contributed by atoms with Gasteiger partial charge in [-0.05, 0) is 31.1 Å². The highest BCUT2D eigenvalue weighted by Gasteiger charge is 2.21. The number of nitro groups is 1. The Hall–Kier alpha value is -1.92. The number of nitrogens with zero attached hydrogens (tertiary/aromatic N) is 4. The molecular formula is C11H16N4O3. The first-order chi connectivity index (χ1) is 8.58. The van der Waals surface area contributed by atoms with Gasteiger partial charge in [0.05, 0.1) is 16.9 Å². The average molecular weight is 252 g/mol. The number of aromatic nitrogens is 2. The summed E-state index contributed by atoms with van der Waals surface area (Å²) in [4.78, 5) is 23.8. The Labute approximate surface area is 105 Å². The molecule has 7 nitrogen and oxygen atoms in total. The second kappa shape index (κ2) is 5.16. The van der Waals surface area contributed by atoms with Crippen molar-refractivity contribution in [3.05, 3.63) is 21.9 Å². The number of piperidine rings is 1. The van der Waals surface area contributed by atoms with Crippen molar-refractivity contribution in [2.45, 2.75) is 32.7 Å². The number of amides is 1. The van der Waals surface area contributed by atoms with E-state index in [9.17, 15) is 14.9 Å². The highest BCUT2D eigenvalue weighted by atomic mass is 16.6. The predicted molar refractivity (Wildman–Crippen MR) is 64.0 cm³/mol. The largest absolute Gasteiger partial charge is 0.390 e. The van der Waals surface area contributed by atoms with Gasteiger partial charge in [-0.1, -0.05) is 0 Å². The fourth-order valence-corrected chi connectivity index (χ4v) is 2.11. The first-order valence-corrected chi connectivity index (χ1v) is 6.04. The van der Waals surface area contributed by atoms with Gasteiger partial charge in [0.2, 0.25) is 5.91 Å². The maximum Gasteiger partial charge on any atom is 0.390 e. The zero-order chi connectivity index (χ0) is 13.1. The lowest BCUT2D eigenvalue weighted by molar-refractivity contribution is -0.389. The highest BCUT2D eigenvalue weighted by molar-refractivity contribution is 5.76. The topological polar surface area (TPSA) is 81.3 Å². The smallest absolute Gasteiger partial charge is 0.358 e. The summed E-state index contributed by atoms with van der Waals surface area (Å²) in [5, 5.41) is 14.4. The Morgan fingerprint density at radius 3 is 2.67 bits per heavy atom. The summed E-state index contributed by atoms with van der Waals surface area (Å²) in [5.74, 6) is -0.227. The highest BCUT2D eigenvalue weighted by Crippen LogP contribution is 2.13. The van der Waals surface area contributed by atoms with Crippen LogP contribution in [0.2, 0.25) is 0 Å². The number of carbonyl (C=O) groups excluding carboxylic acids is 1. The molecule has 1 aliphatic heterocycles. The van der Waals surface area contributed by atoms with E-state index in [1.54, 1.807) is 11.8 Å². The first kappa shape index (κ1) is 12.5. The van der Waals surface area contributed by atoms with E-state index in [1.165, 1.54) is 10.7 Å². The quantitative estimate of drug-likeness (QED) is 0.596. The molecule has 0 saturated carbocycles. The van der Waals surface area contributed by atoms with Crippen LogP contribution >= 0.6 is 0 Å². The van der Waals surface area contributed by atoms with Crippen molar-refractivity contribution < 1.29 is 9.72 Å². The van der Waals surface area contributed by atoms with E-state index in [0.29, 0.717) is 5.69 Å². The number of aryl methyl sites for hydroxylation is 1. The summed E-state index contributed by atoms with van der Waals surface area (Å²) in [7, 11) is 0. The van der Waals surface area contributed by atoms with Crippen LogP contribution in [-0.2, 0) is 11.3 Å². The van der Waals surface area contributed by atoms with E-state index >= 15 is 0 Å². The molecule has 0 bridgehead atoms. The lowest BCUT2D eigenvalue weighted by Crippen LogP contribution is -2.38. The van der Waals surface area contributed by atoms with Crippen molar-refractivity contribution in [1.29, 1.82) is 0 Å². The van der Waals surface area contributed by atoms with Crippen LogP contribution in [0.4, 0.5) is 5.82 Å². The molecule has 2 rings (SSSR count). The third kappa shape index (κ3) is 2.66. The molecule has 18 heavy (non-hydrogen) atoms. The first-order valence-electron chi connectivity index (χ1n) is 6.04. The molecule has 1 fully saturated rings. The Kier molecular flexibility index (Phi) is 3.59. The van der Waals surface area contributed by atoms with E-state index in [4.69, 9.17) is 0 Å². The number of likely N-dealkylation sites (tertiary alicyclic amines) is 1. The molecule has 2 heterocycles. The summed E-state index contributed by atoms with van der Waals surface area (Å²) in [6.07, 6.45) is 3.23. The van der Waals surface area contributed by atoms with Crippen LogP contribution in [0.25, 0.3) is 0 Å². The molecule has 0 spiro atoms. The number of rotatable bonds is 3. The second-order valence-electron chi connectivity index (χ2n) is 4.50. The van der Waals surface area contributed by atoms with Crippen LogP contribution in [0.5, 0.6) is 0 Å². The standard InChI is InChI=1S/C11H16N4O3/c1-9-7-10(15(17)18)12-14(9)8-11(16)13-5-3-2-4-6-13/h7H,2-6,8H2,1H3. The van der Waals surface area contributed by atoms with Gasteiger partial charge < -0.3 is 15.0 Å². The minimum atomic E-state index is -0.547. The second-order valence-corrected chi connectivity index (χ2v) is 4.50. The van der Waals surface area contributed by atoms with Gasteiger partial charge in [0.1, 0.15) is 6.54 Å². The fourth-order valence-electron chi connectivity index (χ4n) is 2.11. The molecule has 1 amide bonds. The summed E-state index contributed by atoms with van der Waals surface area (Å²) in [5.41, 5.74) is 0.632. The van der Waals surface area contributed by atoms with E-state index < -0.39 is 4.92 Å². The molecule has 0 radical (unpaired) electrons. The lowest BCUT2D eigenvalue weighted by atomic mass is 10.1. The van der Waals surface area contributed by atoms with Gasteiger partial charge >= 0.3 is 5.82 Å². The van der Waals surface area contributed by atoms with E-state index in [-0.39, 0.29) is 18.3 Å². The van der Waals surface area contributed by atoms with Gasteiger partial charge in [0.25, 0.3) is 0 Å². The van der Waals surface area contributed by atoms with Gasteiger partial charge in [0.15, 0.2) is 0 Å². The van der Waals surface area contributed by atoms with Crippen molar-refractivity contribution in [3.63, 3.8) is 0 Å². The summed E-state index contributed by atoms with van der Waals surface area (Å²) in [6.45, 7) is 3.35. The zero-order valence-corrected chi connectivity index (χ0v) is 10.3. The zero-order valence-electron chi connectivity index (χ0n) is 10.3. The monoisotopic (exact) mass is 252 g/mol. The van der Waals surface area contributed by atoms with Crippen LogP contribution in [0.3, 0.4) is 0 Å². The summed E-state index contributed by atoms with van der Waals surface area (Å²) >= 11 is 0. The molecule has 1 aromatic rings. The summed E-state index contributed by atoms with van der Waals surface area (Å²) < 4.78 is 1.40. The van der Waals surface area contributed by atoms with E-state index in [1.807, 2.05) is 0 Å². The minimum absolute atomic E-state index is 0.0178. The van der Waals surface area contributed by atoms with Crippen molar-refractivity contribution in [3.8, 4) is 0 Å². The maximum atomic E-state index is 12.0. The minimum Gasteiger partial charge on any atom is -0.358 e. The Bertz CT molecular complexity index is 463. The Morgan fingerprint density at radius 2 is 2.11 bits per heavy atom. The molecule has 7 heteroatoms. The average Bonchev–Trinajstić information content (AvgIpc) is 2.72. The molecule has 0 aromatic carbocycles. The Balaban J connectivity index is 2.04. The van der Waals surface area contributed by atoms with Crippen molar-refractivity contribution in [2.24, 2.45) is 0 Å². The van der Waals surface area contributed by atoms with Crippen molar-refractivity contribution in [2.75, 3.05) is 13.1 Å². The van der Waals surface area contributed by atoms with E-state index in [2.05, 4.69) is 5.10 Å². The van der Waals surface area contributed by atoms with Gasteiger partial charge in [-0.3, -0.25) is 4.79 Å². The van der Waals surface area contributed by atoms with Crippen molar-refractivity contribution in [1.82, 2.24) is 14.7 Å². The molecule has 1 aliphatic rings.